The Morgan fingerprint density at radius 1 is 1.38 bits per heavy atom. The van der Waals surface area contributed by atoms with Crippen molar-refractivity contribution >= 4 is 27.5 Å². The van der Waals surface area contributed by atoms with Crippen molar-refractivity contribution in [3.8, 4) is 0 Å². The van der Waals surface area contributed by atoms with Gasteiger partial charge in [-0.3, -0.25) is 9.63 Å². The van der Waals surface area contributed by atoms with Gasteiger partial charge in [0.15, 0.2) is 0 Å². The molecule has 24 heavy (non-hydrogen) atoms. The summed E-state index contributed by atoms with van der Waals surface area (Å²) in [6.45, 7) is 6.11. The molecule has 0 saturated carbocycles. The van der Waals surface area contributed by atoms with Gasteiger partial charge in [0, 0.05) is 18.7 Å². The Bertz CT molecular complexity index is 700. The number of amides is 1. The standard InChI is InChI=1S/C15H21ClN2O5S/c1-4-22-17-15(19)12-5-6-13(16)14(7-12)24(20,21)18-8-10(2)23-11(3)9-18/h5-7,10-11H,4,8-9H2,1-3H3,(H,17,19). The molecule has 0 aromatic heterocycles. The van der Waals surface area contributed by atoms with Crippen molar-refractivity contribution in [1.29, 1.82) is 0 Å². The predicted molar refractivity (Wildman–Crippen MR) is 89.3 cm³/mol. The smallest absolute Gasteiger partial charge is 0.274 e. The second-order valence-corrected chi connectivity index (χ2v) is 7.90. The van der Waals surface area contributed by atoms with Gasteiger partial charge in [0.05, 0.1) is 23.8 Å². The number of carbonyl (C=O) groups is 1. The number of morpholine rings is 1. The van der Waals surface area contributed by atoms with Crippen LogP contribution in [0.5, 0.6) is 0 Å². The predicted octanol–water partition coefficient (Wildman–Crippen LogP) is 1.82. The molecule has 1 aromatic rings. The number of nitrogens with zero attached hydrogens (tertiary/aromatic N) is 1. The zero-order valence-electron chi connectivity index (χ0n) is 13.8. The van der Waals surface area contributed by atoms with Crippen LogP contribution in [0.4, 0.5) is 0 Å². The Kier molecular flexibility index (Phi) is 6.22. The molecule has 9 heteroatoms. The molecular weight excluding hydrogens is 356 g/mol. The fraction of sp³-hybridized carbons (Fsp3) is 0.533. The van der Waals surface area contributed by atoms with Gasteiger partial charge < -0.3 is 4.74 Å². The number of carbonyl (C=O) groups excluding carboxylic acids is 1. The lowest BCUT2D eigenvalue weighted by molar-refractivity contribution is -0.0440. The van der Waals surface area contributed by atoms with Crippen molar-refractivity contribution in [1.82, 2.24) is 9.79 Å². The molecule has 0 bridgehead atoms. The lowest BCUT2D eigenvalue weighted by Crippen LogP contribution is -2.48. The lowest BCUT2D eigenvalue weighted by atomic mass is 10.2. The van der Waals surface area contributed by atoms with Gasteiger partial charge >= 0.3 is 0 Å². The topological polar surface area (TPSA) is 84.9 Å². The molecule has 1 N–H and O–H groups in total. The first kappa shape index (κ1) is 19.1. The van der Waals surface area contributed by atoms with Crippen LogP contribution in [-0.2, 0) is 19.6 Å². The number of halogens is 1. The van der Waals surface area contributed by atoms with Gasteiger partial charge in [-0.05, 0) is 39.0 Å². The minimum Gasteiger partial charge on any atom is -0.373 e. The normalized spacial score (nSPS) is 22.3. The molecule has 2 atom stereocenters. The van der Waals surface area contributed by atoms with E-state index < -0.39 is 15.9 Å². The molecule has 2 rings (SSSR count). The fourth-order valence-electron chi connectivity index (χ4n) is 2.50. The molecule has 1 aliphatic rings. The molecule has 0 spiro atoms. The van der Waals surface area contributed by atoms with Crippen molar-refractivity contribution < 1.29 is 22.8 Å². The highest BCUT2D eigenvalue weighted by Gasteiger charge is 2.33. The van der Waals surface area contributed by atoms with Gasteiger partial charge in [0.1, 0.15) is 4.90 Å². The van der Waals surface area contributed by atoms with Gasteiger partial charge in [-0.15, -0.1) is 0 Å². The SMILES string of the molecule is CCONC(=O)c1ccc(Cl)c(S(=O)(=O)N2CC(C)OC(C)C2)c1. The van der Waals surface area contributed by atoms with Crippen LogP contribution in [0.3, 0.4) is 0 Å². The van der Waals surface area contributed by atoms with Gasteiger partial charge in [0.25, 0.3) is 5.91 Å². The van der Waals surface area contributed by atoms with E-state index in [0.29, 0.717) is 6.61 Å². The van der Waals surface area contributed by atoms with E-state index in [9.17, 15) is 13.2 Å². The summed E-state index contributed by atoms with van der Waals surface area (Å²) in [6, 6.07) is 4.10. The first-order valence-corrected chi connectivity index (χ1v) is 9.44. The van der Waals surface area contributed by atoms with Crippen LogP contribution in [-0.4, -0.2) is 50.5 Å². The van der Waals surface area contributed by atoms with Crippen LogP contribution in [0.25, 0.3) is 0 Å². The van der Waals surface area contributed by atoms with Crippen LogP contribution in [0.1, 0.15) is 31.1 Å². The van der Waals surface area contributed by atoms with Crippen LogP contribution in [0.15, 0.2) is 23.1 Å². The van der Waals surface area contributed by atoms with E-state index in [4.69, 9.17) is 21.2 Å². The van der Waals surface area contributed by atoms with Gasteiger partial charge in [-0.2, -0.15) is 4.31 Å². The quantitative estimate of drug-likeness (QED) is 0.792. The Morgan fingerprint density at radius 2 is 2.00 bits per heavy atom. The molecule has 1 saturated heterocycles. The maximum atomic E-state index is 12.9. The first-order valence-electron chi connectivity index (χ1n) is 7.63. The molecule has 7 nitrogen and oxygen atoms in total. The largest absolute Gasteiger partial charge is 0.373 e. The fourth-order valence-corrected chi connectivity index (χ4v) is 4.60. The molecule has 1 amide bonds. The van der Waals surface area contributed by atoms with E-state index in [1.54, 1.807) is 6.92 Å². The summed E-state index contributed by atoms with van der Waals surface area (Å²) in [5.74, 6) is -0.534. The van der Waals surface area contributed by atoms with Gasteiger partial charge in [-0.25, -0.2) is 13.9 Å². The van der Waals surface area contributed by atoms with Crippen molar-refractivity contribution in [2.75, 3.05) is 19.7 Å². The first-order chi connectivity index (χ1) is 11.3. The summed E-state index contributed by atoms with van der Waals surface area (Å²) in [5, 5.41) is 0.0646. The Morgan fingerprint density at radius 3 is 2.58 bits per heavy atom. The molecule has 1 aliphatic heterocycles. The molecule has 1 fully saturated rings. The number of rotatable bonds is 5. The molecular formula is C15H21ClN2O5S. The lowest BCUT2D eigenvalue weighted by Gasteiger charge is -2.34. The average molecular weight is 377 g/mol. The van der Waals surface area contributed by atoms with E-state index >= 15 is 0 Å². The maximum Gasteiger partial charge on any atom is 0.274 e. The van der Waals surface area contributed by atoms with Gasteiger partial charge in [0.2, 0.25) is 10.0 Å². The summed E-state index contributed by atoms with van der Waals surface area (Å²) in [6.07, 6.45) is -0.432. The van der Waals surface area contributed by atoms with Crippen LogP contribution in [0.2, 0.25) is 5.02 Å². The molecule has 134 valence electrons. The van der Waals surface area contributed by atoms with Crippen LogP contribution < -0.4 is 5.48 Å². The van der Waals surface area contributed by atoms with Crippen LogP contribution >= 0.6 is 11.6 Å². The van der Waals surface area contributed by atoms with E-state index in [1.807, 2.05) is 13.8 Å². The highest BCUT2D eigenvalue weighted by molar-refractivity contribution is 7.89. The van der Waals surface area contributed by atoms with E-state index in [2.05, 4.69) is 5.48 Å². The molecule has 1 aromatic carbocycles. The highest BCUT2D eigenvalue weighted by atomic mass is 35.5. The van der Waals surface area contributed by atoms with E-state index in [-0.39, 0.29) is 40.8 Å². The molecule has 2 unspecified atom stereocenters. The number of hydrogen-bond donors (Lipinski definition) is 1. The third-order valence-electron chi connectivity index (χ3n) is 3.51. The van der Waals surface area contributed by atoms with Crippen molar-refractivity contribution in [2.24, 2.45) is 0 Å². The van der Waals surface area contributed by atoms with Crippen molar-refractivity contribution in [2.45, 2.75) is 37.9 Å². The minimum absolute atomic E-state index is 0.0646. The Hall–Kier alpha value is -1.19. The van der Waals surface area contributed by atoms with Crippen molar-refractivity contribution in [3.63, 3.8) is 0 Å². The second-order valence-electron chi connectivity index (χ2n) is 5.59. The van der Waals surface area contributed by atoms with Crippen LogP contribution in [0, 0.1) is 0 Å². The summed E-state index contributed by atoms with van der Waals surface area (Å²) in [5.41, 5.74) is 2.38. The number of sulfonamides is 1. The monoisotopic (exact) mass is 376 g/mol. The third-order valence-corrected chi connectivity index (χ3v) is 5.82. The molecule has 0 aliphatic carbocycles. The highest BCUT2D eigenvalue weighted by Crippen LogP contribution is 2.28. The second kappa shape index (κ2) is 7.79. The molecule has 0 radical (unpaired) electrons. The average Bonchev–Trinajstić information content (AvgIpc) is 2.51. The number of nitrogens with one attached hydrogen (secondary N) is 1. The third kappa shape index (κ3) is 4.25. The van der Waals surface area contributed by atoms with E-state index in [1.165, 1.54) is 22.5 Å². The molecule has 1 heterocycles. The number of hydrogen-bond acceptors (Lipinski definition) is 5. The minimum atomic E-state index is -3.83. The Balaban J connectivity index is 2.34. The summed E-state index contributed by atoms with van der Waals surface area (Å²) in [4.78, 5) is 16.7. The zero-order chi connectivity index (χ0) is 17.9. The number of hydroxylamine groups is 1. The summed E-state index contributed by atoms with van der Waals surface area (Å²) in [7, 11) is -3.83. The van der Waals surface area contributed by atoms with E-state index in [0.717, 1.165) is 0 Å². The zero-order valence-corrected chi connectivity index (χ0v) is 15.4. The summed E-state index contributed by atoms with van der Waals surface area (Å²) >= 11 is 6.08. The Labute approximate surface area is 146 Å². The maximum absolute atomic E-state index is 12.9. The number of benzene rings is 1. The summed E-state index contributed by atoms with van der Waals surface area (Å²) < 4.78 is 32.7. The number of ether oxygens (including phenoxy) is 1. The van der Waals surface area contributed by atoms with Gasteiger partial charge in [-0.1, -0.05) is 11.6 Å². The van der Waals surface area contributed by atoms with Crippen molar-refractivity contribution in [3.05, 3.63) is 28.8 Å².